The highest BCUT2D eigenvalue weighted by atomic mass is 32.2. The number of aromatic amines is 1. The first kappa shape index (κ1) is 16.6. The summed E-state index contributed by atoms with van der Waals surface area (Å²) in [5.74, 6) is 0.758. The van der Waals surface area contributed by atoms with Crippen LogP contribution >= 0.6 is 23.1 Å². The zero-order valence-corrected chi connectivity index (χ0v) is 14.6. The van der Waals surface area contributed by atoms with Gasteiger partial charge in [-0.2, -0.15) is 0 Å². The van der Waals surface area contributed by atoms with Gasteiger partial charge in [-0.25, -0.2) is 9.78 Å². The van der Waals surface area contributed by atoms with Gasteiger partial charge < -0.3 is 15.6 Å². The highest BCUT2D eigenvalue weighted by molar-refractivity contribution is 7.99. The van der Waals surface area contributed by atoms with Crippen molar-refractivity contribution in [3.63, 3.8) is 0 Å². The van der Waals surface area contributed by atoms with Gasteiger partial charge in [0.15, 0.2) is 5.16 Å². The Bertz CT molecular complexity index is 756. The maximum Gasteiger partial charge on any atom is 0.315 e. The standard InChI is InChI=1S/C17H18N4OS2/c22-16(19-11-14-7-4-9-23-14)18-8-10-24-17-20-12-15(21-17)13-5-2-1-3-6-13/h1-7,9,12H,8,10-11H2,(H,20,21)(H2,18,19,22). The number of hydrogen-bond donors (Lipinski definition) is 3. The van der Waals surface area contributed by atoms with E-state index in [4.69, 9.17) is 0 Å². The van der Waals surface area contributed by atoms with Crippen molar-refractivity contribution in [2.24, 2.45) is 0 Å². The number of benzene rings is 1. The third-order valence-corrected chi connectivity index (χ3v) is 5.03. The van der Waals surface area contributed by atoms with Crippen molar-refractivity contribution in [3.05, 3.63) is 58.9 Å². The summed E-state index contributed by atoms with van der Waals surface area (Å²) in [5.41, 5.74) is 2.11. The summed E-state index contributed by atoms with van der Waals surface area (Å²) < 4.78 is 0. The molecule has 124 valence electrons. The van der Waals surface area contributed by atoms with Crippen LogP contribution < -0.4 is 10.6 Å². The number of aromatic nitrogens is 2. The van der Waals surface area contributed by atoms with E-state index in [0.29, 0.717) is 13.1 Å². The van der Waals surface area contributed by atoms with Gasteiger partial charge in [0.25, 0.3) is 0 Å². The molecule has 3 rings (SSSR count). The van der Waals surface area contributed by atoms with Gasteiger partial charge in [0, 0.05) is 17.2 Å². The molecule has 2 aromatic heterocycles. The Morgan fingerprint density at radius 1 is 1.17 bits per heavy atom. The summed E-state index contributed by atoms with van der Waals surface area (Å²) in [7, 11) is 0. The normalized spacial score (nSPS) is 10.5. The molecule has 0 radical (unpaired) electrons. The molecule has 2 heterocycles. The maximum absolute atomic E-state index is 11.7. The lowest BCUT2D eigenvalue weighted by Gasteiger charge is -2.05. The molecule has 7 heteroatoms. The number of H-pyrrole nitrogens is 1. The van der Waals surface area contributed by atoms with E-state index in [1.54, 1.807) is 23.1 Å². The van der Waals surface area contributed by atoms with Crippen LogP contribution in [0.5, 0.6) is 0 Å². The third-order valence-electron chi connectivity index (χ3n) is 3.27. The number of thiophene rings is 1. The number of carbonyl (C=O) groups excluding carboxylic acids is 1. The Hall–Kier alpha value is -2.25. The fraction of sp³-hybridized carbons (Fsp3) is 0.176. The SMILES string of the molecule is O=C(NCCSc1ncc(-c2ccccc2)[nH]1)NCc1cccs1. The zero-order chi connectivity index (χ0) is 16.6. The topological polar surface area (TPSA) is 69.8 Å². The first-order valence-electron chi connectivity index (χ1n) is 7.58. The quantitative estimate of drug-likeness (QED) is 0.445. The van der Waals surface area contributed by atoms with Crippen molar-refractivity contribution in [1.82, 2.24) is 20.6 Å². The summed E-state index contributed by atoms with van der Waals surface area (Å²) in [6.45, 7) is 1.15. The predicted molar refractivity (Wildman–Crippen MR) is 99.3 cm³/mol. The van der Waals surface area contributed by atoms with E-state index in [-0.39, 0.29) is 6.03 Å². The Morgan fingerprint density at radius 2 is 2.04 bits per heavy atom. The number of amides is 2. The Kier molecular flexibility index (Phi) is 5.92. The number of imidazole rings is 1. The monoisotopic (exact) mass is 358 g/mol. The third kappa shape index (κ3) is 4.87. The van der Waals surface area contributed by atoms with Crippen LogP contribution in [0.25, 0.3) is 11.3 Å². The van der Waals surface area contributed by atoms with Crippen LogP contribution in [0.4, 0.5) is 4.79 Å². The van der Waals surface area contributed by atoms with E-state index in [9.17, 15) is 4.79 Å². The van der Waals surface area contributed by atoms with Crippen LogP contribution in [0.1, 0.15) is 4.88 Å². The molecular weight excluding hydrogens is 340 g/mol. The molecule has 1 aromatic carbocycles. The highest BCUT2D eigenvalue weighted by Crippen LogP contribution is 2.20. The number of thioether (sulfide) groups is 1. The van der Waals surface area contributed by atoms with Crippen LogP contribution in [-0.2, 0) is 6.54 Å². The highest BCUT2D eigenvalue weighted by Gasteiger charge is 2.04. The van der Waals surface area contributed by atoms with Gasteiger partial charge in [-0.1, -0.05) is 48.2 Å². The Labute approximate surface area is 148 Å². The van der Waals surface area contributed by atoms with Crippen molar-refractivity contribution in [2.75, 3.05) is 12.3 Å². The molecule has 0 spiro atoms. The molecule has 0 bridgehead atoms. The van der Waals surface area contributed by atoms with Crippen molar-refractivity contribution in [2.45, 2.75) is 11.7 Å². The van der Waals surface area contributed by atoms with Gasteiger partial charge in [-0.3, -0.25) is 0 Å². The molecule has 2 amide bonds. The second-order valence-corrected chi connectivity index (χ2v) is 7.12. The van der Waals surface area contributed by atoms with Gasteiger partial charge >= 0.3 is 6.03 Å². The lowest BCUT2D eigenvalue weighted by Crippen LogP contribution is -2.36. The first-order chi connectivity index (χ1) is 11.8. The predicted octanol–water partition coefficient (Wildman–Crippen LogP) is 3.73. The molecule has 0 aliphatic carbocycles. The van der Waals surface area contributed by atoms with Crippen LogP contribution in [0.2, 0.25) is 0 Å². The number of carbonyl (C=O) groups is 1. The maximum atomic E-state index is 11.7. The number of urea groups is 1. The molecule has 24 heavy (non-hydrogen) atoms. The van der Waals surface area contributed by atoms with Gasteiger partial charge in [0.2, 0.25) is 0 Å². The minimum Gasteiger partial charge on any atom is -0.337 e. The zero-order valence-electron chi connectivity index (χ0n) is 13.0. The van der Waals surface area contributed by atoms with E-state index >= 15 is 0 Å². The first-order valence-corrected chi connectivity index (χ1v) is 9.45. The fourth-order valence-corrected chi connectivity index (χ4v) is 3.45. The Morgan fingerprint density at radius 3 is 2.83 bits per heavy atom. The smallest absolute Gasteiger partial charge is 0.315 e. The van der Waals surface area contributed by atoms with Crippen molar-refractivity contribution in [3.8, 4) is 11.3 Å². The second-order valence-electron chi connectivity index (χ2n) is 5.01. The second kappa shape index (κ2) is 8.56. The average molecular weight is 358 g/mol. The van der Waals surface area contributed by atoms with Crippen LogP contribution in [0, 0.1) is 0 Å². The molecule has 5 nitrogen and oxygen atoms in total. The van der Waals surface area contributed by atoms with Gasteiger partial charge in [0.05, 0.1) is 18.4 Å². The molecule has 0 unspecified atom stereocenters. The van der Waals surface area contributed by atoms with Crippen LogP contribution in [0.15, 0.2) is 59.2 Å². The summed E-state index contributed by atoms with van der Waals surface area (Å²) in [5, 5.41) is 8.54. The van der Waals surface area contributed by atoms with Crippen molar-refractivity contribution in [1.29, 1.82) is 0 Å². The molecule has 0 saturated heterocycles. The van der Waals surface area contributed by atoms with E-state index in [1.807, 2.05) is 54.0 Å². The summed E-state index contributed by atoms with van der Waals surface area (Å²) in [4.78, 5) is 20.5. The molecule has 0 aliphatic rings. The van der Waals surface area contributed by atoms with E-state index < -0.39 is 0 Å². The number of hydrogen-bond acceptors (Lipinski definition) is 4. The van der Waals surface area contributed by atoms with Gasteiger partial charge in [-0.05, 0) is 17.0 Å². The van der Waals surface area contributed by atoms with Crippen molar-refractivity contribution < 1.29 is 4.79 Å². The fourth-order valence-electron chi connectivity index (χ4n) is 2.10. The van der Waals surface area contributed by atoms with E-state index in [2.05, 4.69) is 20.6 Å². The molecule has 0 saturated carbocycles. The molecule has 3 aromatic rings. The van der Waals surface area contributed by atoms with Gasteiger partial charge in [0.1, 0.15) is 0 Å². The molecule has 0 fully saturated rings. The molecule has 0 aliphatic heterocycles. The molecule has 3 N–H and O–H groups in total. The number of nitrogens with one attached hydrogen (secondary N) is 3. The lowest BCUT2D eigenvalue weighted by molar-refractivity contribution is 0.241. The lowest BCUT2D eigenvalue weighted by atomic mass is 10.2. The minimum absolute atomic E-state index is 0.145. The summed E-state index contributed by atoms with van der Waals surface area (Å²) in [6, 6.07) is 13.9. The molecule has 0 atom stereocenters. The summed E-state index contributed by atoms with van der Waals surface area (Å²) >= 11 is 3.22. The average Bonchev–Trinajstić information content (AvgIpc) is 3.29. The van der Waals surface area contributed by atoms with Crippen molar-refractivity contribution >= 4 is 29.1 Å². The van der Waals surface area contributed by atoms with E-state index in [0.717, 1.165) is 27.0 Å². The molecular formula is C17H18N4OS2. The Balaban J connectivity index is 1.36. The van der Waals surface area contributed by atoms with Crippen LogP contribution in [-0.4, -0.2) is 28.3 Å². The van der Waals surface area contributed by atoms with Gasteiger partial charge in [-0.15, -0.1) is 11.3 Å². The minimum atomic E-state index is -0.145. The number of nitrogens with zero attached hydrogens (tertiary/aromatic N) is 1. The van der Waals surface area contributed by atoms with Crippen LogP contribution in [0.3, 0.4) is 0 Å². The number of rotatable bonds is 7. The largest absolute Gasteiger partial charge is 0.337 e. The summed E-state index contributed by atoms with van der Waals surface area (Å²) in [6.07, 6.45) is 1.83. The van der Waals surface area contributed by atoms with E-state index in [1.165, 1.54) is 0 Å².